The molecular formula is C17H16FNOS2. The van der Waals surface area contributed by atoms with Crippen LogP contribution >= 0.6 is 23.1 Å². The van der Waals surface area contributed by atoms with Crippen LogP contribution < -0.4 is 4.87 Å². The van der Waals surface area contributed by atoms with E-state index in [-0.39, 0.29) is 16.6 Å². The zero-order valence-electron chi connectivity index (χ0n) is 11.9. The summed E-state index contributed by atoms with van der Waals surface area (Å²) in [7, 11) is 0. The van der Waals surface area contributed by atoms with Gasteiger partial charge in [0.1, 0.15) is 5.82 Å². The van der Waals surface area contributed by atoms with Crippen molar-refractivity contribution < 1.29 is 4.39 Å². The van der Waals surface area contributed by atoms with Crippen LogP contribution in [0.5, 0.6) is 0 Å². The molecule has 5 heteroatoms. The molecule has 2 nitrogen and oxygen atoms in total. The van der Waals surface area contributed by atoms with Crippen molar-refractivity contribution in [3.8, 4) is 0 Å². The largest absolute Gasteiger partial charge is 0.307 e. The summed E-state index contributed by atoms with van der Waals surface area (Å²) in [4.78, 5) is 16.1. The van der Waals surface area contributed by atoms with E-state index in [2.05, 4.69) is 4.98 Å². The first-order valence-electron chi connectivity index (χ1n) is 7.86. The van der Waals surface area contributed by atoms with Gasteiger partial charge < -0.3 is 4.98 Å². The Bertz CT molecular complexity index is 781. The molecule has 3 aliphatic rings. The third-order valence-electron chi connectivity index (χ3n) is 5.69. The highest BCUT2D eigenvalue weighted by Gasteiger charge is 2.54. The summed E-state index contributed by atoms with van der Waals surface area (Å²) in [5.74, 6) is 2.23. The van der Waals surface area contributed by atoms with Crippen molar-refractivity contribution in [1.82, 2.24) is 4.98 Å². The van der Waals surface area contributed by atoms with Gasteiger partial charge in [0.15, 0.2) is 0 Å². The SMILES string of the molecule is O=c1[nH]c2c(s1)[C@H](c1ccc(F)cc1)[C@@H]1[C@H]3CC[C@@H](C3)[C@H]1S2. The van der Waals surface area contributed by atoms with Gasteiger partial charge >= 0.3 is 4.87 Å². The van der Waals surface area contributed by atoms with E-state index in [1.54, 1.807) is 12.1 Å². The molecule has 2 aromatic rings. The fraction of sp³-hybridized carbons (Fsp3) is 0.471. The van der Waals surface area contributed by atoms with Gasteiger partial charge in [-0.15, -0.1) is 11.8 Å². The van der Waals surface area contributed by atoms with Crippen LogP contribution in [-0.4, -0.2) is 10.2 Å². The molecule has 0 unspecified atom stereocenters. The summed E-state index contributed by atoms with van der Waals surface area (Å²) in [5.41, 5.74) is 1.17. The molecule has 2 saturated carbocycles. The summed E-state index contributed by atoms with van der Waals surface area (Å²) >= 11 is 3.24. The monoisotopic (exact) mass is 333 g/mol. The van der Waals surface area contributed by atoms with Crippen LogP contribution in [0.4, 0.5) is 4.39 Å². The van der Waals surface area contributed by atoms with Crippen LogP contribution in [0.3, 0.4) is 0 Å². The minimum atomic E-state index is -0.194. The van der Waals surface area contributed by atoms with E-state index in [0.29, 0.717) is 11.2 Å². The fourth-order valence-corrected chi connectivity index (χ4v) is 7.79. The Morgan fingerprint density at radius 1 is 1.14 bits per heavy atom. The summed E-state index contributed by atoms with van der Waals surface area (Å²) in [6, 6.07) is 6.92. The number of fused-ring (bicyclic) bond motifs is 6. The number of halogens is 1. The number of thiazole rings is 1. The molecule has 1 aromatic heterocycles. The molecule has 2 heterocycles. The number of nitrogens with one attached hydrogen (secondary N) is 1. The second kappa shape index (κ2) is 4.71. The number of hydrogen-bond donors (Lipinski definition) is 1. The van der Waals surface area contributed by atoms with Crippen molar-refractivity contribution in [3.05, 3.63) is 50.2 Å². The Balaban J connectivity index is 1.68. The third kappa shape index (κ3) is 1.81. The number of aromatic amines is 1. The van der Waals surface area contributed by atoms with E-state index in [4.69, 9.17) is 0 Å². The van der Waals surface area contributed by atoms with Gasteiger partial charge in [-0.25, -0.2) is 4.39 Å². The van der Waals surface area contributed by atoms with E-state index in [1.807, 2.05) is 23.9 Å². The van der Waals surface area contributed by atoms with Crippen molar-refractivity contribution in [1.29, 1.82) is 0 Å². The van der Waals surface area contributed by atoms with Crippen molar-refractivity contribution in [3.63, 3.8) is 0 Å². The van der Waals surface area contributed by atoms with Gasteiger partial charge in [0.05, 0.1) is 5.03 Å². The molecule has 0 amide bonds. The molecule has 22 heavy (non-hydrogen) atoms. The van der Waals surface area contributed by atoms with Gasteiger partial charge in [-0.3, -0.25) is 4.79 Å². The molecule has 2 fully saturated rings. The van der Waals surface area contributed by atoms with Gasteiger partial charge in [0, 0.05) is 16.0 Å². The molecule has 0 radical (unpaired) electrons. The lowest BCUT2D eigenvalue weighted by atomic mass is 9.75. The van der Waals surface area contributed by atoms with Crippen molar-refractivity contribution in [2.24, 2.45) is 17.8 Å². The van der Waals surface area contributed by atoms with E-state index in [9.17, 15) is 9.18 Å². The number of hydrogen-bond acceptors (Lipinski definition) is 3. The highest BCUT2D eigenvalue weighted by molar-refractivity contribution is 8.00. The lowest BCUT2D eigenvalue weighted by Gasteiger charge is -2.40. The molecule has 0 saturated heterocycles. The first-order chi connectivity index (χ1) is 10.7. The second-order valence-corrected chi connectivity index (χ2v) is 8.93. The second-order valence-electron chi connectivity index (χ2n) is 6.73. The van der Waals surface area contributed by atoms with Gasteiger partial charge in [-0.05, 0) is 54.7 Å². The van der Waals surface area contributed by atoms with Crippen LogP contribution in [-0.2, 0) is 0 Å². The lowest BCUT2D eigenvalue weighted by Crippen LogP contribution is -2.33. The third-order valence-corrected chi connectivity index (χ3v) is 8.32. The van der Waals surface area contributed by atoms with Crippen molar-refractivity contribution >= 4 is 23.1 Å². The van der Waals surface area contributed by atoms with Crippen LogP contribution in [0.1, 0.15) is 35.6 Å². The Morgan fingerprint density at radius 2 is 1.91 bits per heavy atom. The number of rotatable bonds is 1. The average molecular weight is 333 g/mol. The summed E-state index contributed by atoms with van der Waals surface area (Å²) in [6.07, 6.45) is 3.98. The maximum absolute atomic E-state index is 13.3. The maximum atomic E-state index is 13.3. The minimum Gasteiger partial charge on any atom is -0.307 e. The Kier molecular flexibility index (Phi) is 2.87. The summed E-state index contributed by atoms with van der Waals surface area (Å²) < 4.78 is 13.3. The average Bonchev–Trinajstić information content (AvgIpc) is 3.19. The highest BCUT2D eigenvalue weighted by atomic mass is 32.2. The quantitative estimate of drug-likeness (QED) is 0.847. The van der Waals surface area contributed by atoms with Gasteiger partial charge in [-0.2, -0.15) is 0 Å². The smallest absolute Gasteiger partial charge is 0.305 e. The predicted octanol–water partition coefficient (Wildman–Crippen LogP) is 4.23. The molecular weight excluding hydrogens is 317 g/mol. The van der Waals surface area contributed by atoms with E-state index in [0.717, 1.165) is 16.9 Å². The van der Waals surface area contributed by atoms with Crippen LogP contribution in [0.2, 0.25) is 0 Å². The molecule has 1 N–H and O–H groups in total. The number of H-pyrrole nitrogens is 1. The lowest BCUT2D eigenvalue weighted by molar-refractivity contribution is 0.307. The molecule has 1 aromatic carbocycles. The predicted molar refractivity (Wildman–Crippen MR) is 87.1 cm³/mol. The van der Waals surface area contributed by atoms with E-state index >= 15 is 0 Å². The molecule has 2 aliphatic carbocycles. The van der Waals surface area contributed by atoms with Crippen LogP contribution in [0, 0.1) is 23.6 Å². The molecule has 114 valence electrons. The number of benzene rings is 1. The zero-order chi connectivity index (χ0) is 14.8. The summed E-state index contributed by atoms with van der Waals surface area (Å²) in [5, 5.41) is 1.68. The first-order valence-corrected chi connectivity index (χ1v) is 9.55. The van der Waals surface area contributed by atoms with E-state index in [1.165, 1.54) is 41.0 Å². The Hall–Kier alpha value is -1.07. The number of aromatic nitrogens is 1. The Labute approximate surface area is 136 Å². The zero-order valence-corrected chi connectivity index (χ0v) is 13.6. The van der Waals surface area contributed by atoms with Gasteiger partial charge in [0.2, 0.25) is 0 Å². The molecule has 1 aliphatic heterocycles. The fourth-order valence-electron chi connectivity index (χ4n) is 4.89. The highest BCUT2D eigenvalue weighted by Crippen LogP contribution is 2.63. The van der Waals surface area contributed by atoms with Crippen LogP contribution in [0.15, 0.2) is 34.1 Å². The normalized spacial score (nSPS) is 35.4. The summed E-state index contributed by atoms with van der Waals surface area (Å²) in [6.45, 7) is 0. The minimum absolute atomic E-state index is 0.0388. The first kappa shape index (κ1) is 13.4. The van der Waals surface area contributed by atoms with Gasteiger partial charge in [0.25, 0.3) is 0 Å². The number of thioether (sulfide) groups is 1. The topological polar surface area (TPSA) is 32.9 Å². The Morgan fingerprint density at radius 3 is 2.73 bits per heavy atom. The molecule has 0 spiro atoms. The standard InChI is InChI=1S/C17H16FNOS2/c18-11-5-3-8(4-6-11)12-13-9-1-2-10(7-9)14(13)21-16-15(12)22-17(20)19-16/h3-6,9-10,12-14H,1-2,7H2,(H,19,20)/t9-,10-,12+,13-,14+/m0/s1. The molecule has 2 bridgehead atoms. The maximum Gasteiger partial charge on any atom is 0.305 e. The van der Waals surface area contributed by atoms with Crippen LogP contribution in [0.25, 0.3) is 0 Å². The van der Waals surface area contributed by atoms with Crippen molar-refractivity contribution in [2.75, 3.05) is 0 Å². The van der Waals surface area contributed by atoms with E-state index < -0.39 is 0 Å². The molecule has 5 atom stereocenters. The van der Waals surface area contributed by atoms with Gasteiger partial charge in [-0.1, -0.05) is 23.5 Å². The van der Waals surface area contributed by atoms with Crippen molar-refractivity contribution in [2.45, 2.75) is 35.5 Å². The molecule has 5 rings (SSSR count).